The summed E-state index contributed by atoms with van der Waals surface area (Å²) in [4.78, 5) is 15.8. The monoisotopic (exact) mass is 319 g/mol. The highest BCUT2D eigenvalue weighted by Gasteiger charge is 2.28. The summed E-state index contributed by atoms with van der Waals surface area (Å²) in [5.74, 6) is -0.0699. The Balaban J connectivity index is 1.76. The molecular formula is C17H18FNO2S. The summed E-state index contributed by atoms with van der Waals surface area (Å²) in [5, 5.41) is 9.93. The predicted octanol–water partition coefficient (Wildman–Crippen LogP) is 3.40. The van der Waals surface area contributed by atoms with E-state index in [9.17, 15) is 14.3 Å². The molecule has 3 nitrogen and oxygen atoms in total. The van der Waals surface area contributed by atoms with E-state index in [2.05, 4.69) is 0 Å². The van der Waals surface area contributed by atoms with Crippen molar-refractivity contribution in [2.24, 2.45) is 5.92 Å². The van der Waals surface area contributed by atoms with Gasteiger partial charge in [0, 0.05) is 18.0 Å². The largest absolute Gasteiger partial charge is 0.391 e. The molecule has 2 heterocycles. The number of aliphatic hydroxyl groups excluding tert-OH is 1. The van der Waals surface area contributed by atoms with Gasteiger partial charge in [0.05, 0.1) is 11.0 Å². The van der Waals surface area contributed by atoms with Crippen LogP contribution in [-0.2, 0) is 0 Å². The Hall–Kier alpha value is -1.72. The number of thiophene rings is 1. The van der Waals surface area contributed by atoms with Crippen LogP contribution in [-0.4, -0.2) is 35.1 Å². The van der Waals surface area contributed by atoms with Crippen molar-refractivity contribution in [1.29, 1.82) is 0 Å². The van der Waals surface area contributed by atoms with Gasteiger partial charge in [0.2, 0.25) is 0 Å². The average Bonchev–Trinajstić information content (AvgIpc) is 3.00. The summed E-state index contributed by atoms with van der Waals surface area (Å²) in [6.45, 7) is 3.08. The second kappa shape index (κ2) is 6.18. The lowest BCUT2D eigenvalue weighted by Gasteiger charge is -2.34. The molecule has 0 radical (unpaired) electrons. The lowest BCUT2D eigenvalue weighted by atomic mass is 9.96. The Kier molecular flexibility index (Phi) is 4.27. The Labute approximate surface area is 133 Å². The molecule has 22 heavy (non-hydrogen) atoms. The number of nitrogens with zero attached hydrogens (tertiary/aromatic N) is 1. The van der Waals surface area contributed by atoms with Crippen LogP contribution in [0, 0.1) is 11.7 Å². The van der Waals surface area contributed by atoms with Crippen molar-refractivity contribution >= 4 is 17.2 Å². The van der Waals surface area contributed by atoms with Crippen LogP contribution in [0.4, 0.5) is 4.39 Å². The van der Waals surface area contributed by atoms with Gasteiger partial charge < -0.3 is 10.0 Å². The summed E-state index contributed by atoms with van der Waals surface area (Å²) in [7, 11) is 0. The van der Waals surface area contributed by atoms with E-state index in [-0.39, 0.29) is 17.6 Å². The number of piperidine rings is 1. The Morgan fingerprint density at radius 3 is 2.68 bits per heavy atom. The molecule has 2 aromatic rings. The molecule has 0 aliphatic carbocycles. The molecule has 1 aromatic heterocycles. The Bertz CT molecular complexity index is 668. The molecule has 1 aliphatic heterocycles. The summed E-state index contributed by atoms with van der Waals surface area (Å²) >= 11 is 1.40. The first-order valence-corrected chi connectivity index (χ1v) is 8.19. The third-order valence-corrected chi connectivity index (χ3v) is 5.27. The van der Waals surface area contributed by atoms with Crippen LogP contribution in [0.2, 0.25) is 0 Å². The fourth-order valence-electron chi connectivity index (χ4n) is 2.61. The minimum atomic E-state index is -0.450. The fourth-order valence-corrected chi connectivity index (χ4v) is 3.59. The van der Waals surface area contributed by atoms with Gasteiger partial charge in [0.1, 0.15) is 5.82 Å². The van der Waals surface area contributed by atoms with Crippen LogP contribution in [0.25, 0.3) is 10.4 Å². The third kappa shape index (κ3) is 3.05. The molecule has 1 aromatic carbocycles. The fraction of sp³-hybridized carbons (Fsp3) is 0.353. The third-order valence-electron chi connectivity index (χ3n) is 4.15. The van der Waals surface area contributed by atoms with Crippen molar-refractivity contribution in [3.05, 3.63) is 47.1 Å². The normalized spacial score (nSPS) is 21.9. The van der Waals surface area contributed by atoms with Crippen LogP contribution >= 0.6 is 11.3 Å². The molecule has 0 bridgehead atoms. The number of benzene rings is 1. The molecule has 0 saturated carbocycles. The number of β-amino-alcohol motifs (C(OH)–C–C–N with tert-alkyl or cyclic N) is 1. The number of carbonyl (C=O) groups excluding carboxylic acids is 1. The number of hydrogen-bond donors (Lipinski definition) is 1. The van der Waals surface area contributed by atoms with E-state index in [1.54, 1.807) is 23.1 Å². The molecule has 2 unspecified atom stereocenters. The van der Waals surface area contributed by atoms with E-state index < -0.39 is 6.10 Å². The molecule has 116 valence electrons. The Morgan fingerprint density at radius 2 is 2.00 bits per heavy atom. The van der Waals surface area contributed by atoms with Gasteiger partial charge in [-0.2, -0.15) is 0 Å². The first kappa shape index (κ1) is 15.2. The maximum absolute atomic E-state index is 13.0. The maximum atomic E-state index is 13.0. The molecule has 3 rings (SSSR count). The van der Waals surface area contributed by atoms with Crippen molar-refractivity contribution in [3.63, 3.8) is 0 Å². The number of halogens is 1. The number of carbonyl (C=O) groups is 1. The first-order chi connectivity index (χ1) is 10.5. The lowest BCUT2D eigenvalue weighted by Crippen LogP contribution is -2.45. The maximum Gasteiger partial charge on any atom is 0.264 e. The smallest absolute Gasteiger partial charge is 0.264 e. The number of amides is 1. The number of hydrogen-bond acceptors (Lipinski definition) is 3. The van der Waals surface area contributed by atoms with Crippen molar-refractivity contribution < 1.29 is 14.3 Å². The van der Waals surface area contributed by atoms with E-state index in [0.29, 0.717) is 18.0 Å². The van der Waals surface area contributed by atoms with E-state index in [0.717, 1.165) is 16.9 Å². The van der Waals surface area contributed by atoms with E-state index >= 15 is 0 Å². The van der Waals surface area contributed by atoms with Crippen molar-refractivity contribution in [2.75, 3.05) is 13.1 Å². The lowest BCUT2D eigenvalue weighted by molar-refractivity contribution is 0.0251. The van der Waals surface area contributed by atoms with Crippen LogP contribution in [0.1, 0.15) is 23.0 Å². The van der Waals surface area contributed by atoms with Gasteiger partial charge in [-0.1, -0.05) is 19.1 Å². The second-order valence-corrected chi connectivity index (χ2v) is 6.84. The zero-order valence-corrected chi connectivity index (χ0v) is 13.1. The van der Waals surface area contributed by atoms with E-state index in [1.165, 1.54) is 23.5 Å². The Morgan fingerprint density at radius 1 is 1.27 bits per heavy atom. The minimum Gasteiger partial charge on any atom is -0.391 e. The van der Waals surface area contributed by atoms with Crippen LogP contribution < -0.4 is 0 Å². The number of aliphatic hydroxyl groups is 1. The zero-order valence-electron chi connectivity index (χ0n) is 12.3. The number of rotatable bonds is 2. The van der Waals surface area contributed by atoms with Gasteiger partial charge >= 0.3 is 0 Å². The highest BCUT2D eigenvalue weighted by atomic mass is 32.1. The molecule has 5 heteroatoms. The summed E-state index contributed by atoms with van der Waals surface area (Å²) in [6, 6.07) is 9.94. The predicted molar refractivity (Wildman–Crippen MR) is 85.4 cm³/mol. The summed E-state index contributed by atoms with van der Waals surface area (Å²) in [5.41, 5.74) is 0.901. The molecule has 0 spiro atoms. The molecule has 1 aliphatic rings. The van der Waals surface area contributed by atoms with Gasteiger partial charge in [0.15, 0.2) is 0 Å². The molecule has 1 amide bonds. The van der Waals surface area contributed by atoms with Gasteiger partial charge in [-0.15, -0.1) is 11.3 Å². The molecule has 2 atom stereocenters. The molecule has 1 saturated heterocycles. The van der Waals surface area contributed by atoms with E-state index in [1.807, 2.05) is 13.0 Å². The first-order valence-electron chi connectivity index (χ1n) is 7.37. The second-order valence-electron chi connectivity index (χ2n) is 5.76. The topological polar surface area (TPSA) is 40.5 Å². The molecule has 1 N–H and O–H groups in total. The van der Waals surface area contributed by atoms with Gasteiger partial charge in [-0.25, -0.2) is 4.39 Å². The van der Waals surface area contributed by atoms with Crippen LogP contribution in [0.15, 0.2) is 36.4 Å². The van der Waals surface area contributed by atoms with Crippen LogP contribution in [0.5, 0.6) is 0 Å². The summed E-state index contributed by atoms with van der Waals surface area (Å²) in [6.07, 6.45) is 0.373. The van der Waals surface area contributed by atoms with Crippen LogP contribution in [0.3, 0.4) is 0 Å². The van der Waals surface area contributed by atoms with Crippen molar-refractivity contribution in [1.82, 2.24) is 4.90 Å². The van der Waals surface area contributed by atoms with Gasteiger partial charge in [-0.05, 0) is 42.2 Å². The standard InChI is InChI=1S/C17H18FNO2S/c1-11-8-9-19(10-14(11)20)17(21)16-7-6-15(22-16)12-2-4-13(18)5-3-12/h2-7,11,14,20H,8-10H2,1H3. The highest BCUT2D eigenvalue weighted by molar-refractivity contribution is 7.17. The van der Waals surface area contributed by atoms with Crippen molar-refractivity contribution in [2.45, 2.75) is 19.4 Å². The van der Waals surface area contributed by atoms with Gasteiger partial charge in [0.25, 0.3) is 5.91 Å². The number of likely N-dealkylation sites (tertiary alicyclic amines) is 1. The van der Waals surface area contributed by atoms with E-state index in [4.69, 9.17) is 0 Å². The summed E-state index contributed by atoms with van der Waals surface area (Å²) < 4.78 is 13.0. The molecule has 1 fully saturated rings. The molecular weight excluding hydrogens is 301 g/mol. The zero-order chi connectivity index (χ0) is 15.7. The highest BCUT2D eigenvalue weighted by Crippen LogP contribution is 2.30. The quantitative estimate of drug-likeness (QED) is 0.921. The minimum absolute atomic E-state index is 0.0377. The SMILES string of the molecule is CC1CCN(C(=O)c2ccc(-c3ccc(F)cc3)s2)CC1O. The van der Waals surface area contributed by atoms with Crippen molar-refractivity contribution in [3.8, 4) is 10.4 Å². The average molecular weight is 319 g/mol. The van der Waals surface area contributed by atoms with Gasteiger partial charge in [-0.3, -0.25) is 4.79 Å².